The number of Topliss-reactive ketones (excluding diaryl/α,β-unsaturated/α-hetero) is 1. The van der Waals surface area contributed by atoms with Crippen LogP contribution in [0.25, 0.3) is 11.1 Å². The molecule has 8 rings (SSSR count). The second-order valence-electron chi connectivity index (χ2n) is 12.8. The average Bonchev–Trinajstić information content (AvgIpc) is 3.68. The molecule has 3 aliphatic rings. The summed E-state index contributed by atoms with van der Waals surface area (Å²) in [5.74, 6) is -3.91. The molecule has 5 aromatic rings. The number of aromatic carboxylic acids is 1. The van der Waals surface area contributed by atoms with E-state index in [0.29, 0.717) is 44.9 Å². The zero-order valence-corrected chi connectivity index (χ0v) is 28.3. The maximum absolute atomic E-state index is 16.1. The first-order valence-electron chi connectivity index (χ1n) is 16.3. The molecule has 1 heterocycles. The number of ketones is 1. The normalized spacial score (nSPS) is 23.5. The SMILES string of the molecule is COc1ccc(C2=C(c3ccc(OC)cc3)[C@]3(c4ccccc4)C(=O)[C@]2(c2ccccc2)[C@@H]2C(=O)N(c4ccc(Cl)c(C(=O)O)c4)C(=O)[C@@H]23)cc1. The van der Waals surface area contributed by atoms with Crippen LogP contribution in [-0.2, 0) is 25.2 Å². The van der Waals surface area contributed by atoms with E-state index in [2.05, 4.69) is 0 Å². The van der Waals surface area contributed by atoms with E-state index in [1.54, 1.807) is 14.2 Å². The van der Waals surface area contributed by atoms with Crippen molar-refractivity contribution in [2.75, 3.05) is 19.1 Å². The number of methoxy groups -OCH3 is 2. The highest BCUT2D eigenvalue weighted by Gasteiger charge is 2.82. The van der Waals surface area contributed by atoms with Gasteiger partial charge in [0.2, 0.25) is 11.8 Å². The summed E-state index contributed by atoms with van der Waals surface area (Å²) in [5.41, 5.74) is 0.300. The summed E-state index contributed by atoms with van der Waals surface area (Å²) in [6.45, 7) is 0. The van der Waals surface area contributed by atoms with Crippen molar-refractivity contribution in [2.45, 2.75) is 10.8 Å². The van der Waals surface area contributed by atoms with Crippen LogP contribution in [-0.4, -0.2) is 42.9 Å². The number of ether oxygens (including phenoxy) is 2. The zero-order chi connectivity index (χ0) is 35.7. The number of amides is 2. The molecule has 0 spiro atoms. The lowest BCUT2D eigenvalue weighted by atomic mass is 9.59. The van der Waals surface area contributed by atoms with Crippen molar-refractivity contribution in [3.63, 3.8) is 0 Å². The Morgan fingerprint density at radius 3 is 1.47 bits per heavy atom. The number of carbonyl (C=O) groups excluding carboxylic acids is 3. The van der Waals surface area contributed by atoms with Crippen molar-refractivity contribution in [3.8, 4) is 11.5 Å². The Kier molecular flexibility index (Phi) is 7.47. The van der Waals surface area contributed by atoms with E-state index in [1.165, 1.54) is 18.2 Å². The first-order valence-corrected chi connectivity index (χ1v) is 16.7. The van der Waals surface area contributed by atoms with Crippen molar-refractivity contribution in [2.24, 2.45) is 11.8 Å². The first kappa shape index (κ1) is 32.2. The number of carboxylic acids is 1. The summed E-state index contributed by atoms with van der Waals surface area (Å²) >= 11 is 6.22. The lowest BCUT2D eigenvalue weighted by Crippen LogP contribution is -2.45. The molecule has 4 atom stereocenters. The van der Waals surface area contributed by atoms with Crippen LogP contribution in [0, 0.1) is 11.8 Å². The van der Waals surface area contributed by atoms with Gasteiger partial charge in [-0.3, -0.25) is 14.4 Å². The minimum Gasteiger partial charge on any atom is -0.497 e. The number of carbonyl (C=O) groups is 4. The Balaban J connectivity index is 1.52. The molecule has 2 aliphatic carbocycles. The second kappa shape index (κ2) is 11.8. The average molecular weight is 696 g/mol. The van der Waals surface area contributed by atoms with Gasteiger partial charge in [0.15, 0.2) is 5.78 Å². The Hall–Kier alpha value is -5.99. The number of imide groups is 1. The van der Waals surface area contributed by atoms with E-state index in [1.807, 2.05) is 109 Å². The first-order chi connectivity index (χ1) is 24.7. The standard InChI is InChI=1S/C42H30ClNO7/c1-50-29-18-13-24(14-19-29)33-34(25-15-20-30(51-2)21-16-25)42(27-11-7-4-8-12-27)36-35(41(33,40(42)49)26-9-5-3-6-10-26)37(45)44(38(36)46)28-17-22-32(43)31(23-28)39(47)48/h3-23,35-36H,1-2H3,(H,47,48)/t35-,36+,41-,42-/m0/s1. The smallest absolute Gasteiger partial charge is 0.337 e. The predicted octanol–water partition coefficient (Wildman–Crippen LogP) is 7.24. The van der Waals surface area contributed by atoms with Crippen molar-refractivity contribution in [1.29, 1.82) is 0 Å². The molecule has 9 heteroatoms. The van der Waals surface area contributed by atoms with Crippen LogP contribution >= 0.6 is 11.6 Å². The number of halogens is 1. The third kappa shape index (κ3) is 4.26. The Labute approximate surface area is 298 Å². The van der Waals surface area contributed by atoms with E-state index >= 15 is 14.4 Å². The zero-order valence-electron chi connectivity index (χ0n) is 27.5. The van der Waals surface area contributed by atoms with Crippen LogP contribution in [0.4, 0.5) is 5.69 Å². The van der Waals surface area contributed by atoms with Crippen LogP contribution in [0.3, 0.4) is 0 Å². The number of anilines is 1. The van der Waals surface area contributed by atoms with Crippen molar-refractivity contribution in [3.05, 3.63) is 160 Å². The van der Waals surface area contributed by atoms with Gasteiger partial charge < -0.3 is 14.6 Å². The Bertz CT molecular complexity index is 2160. The number of rotatable bonds is 8. The number of hydrogen-bond acceptors (Lipinski definition) is 6. The van der Waals surface area contributed by atoms with Crippen LogP contribution in [0.2, 0.25) is 5.02 Å². The number of carboxylic acid groups (broad SMARTS) is 1. The predicted molar refractivity (Wildman–Crippen MR) is 192 cm³/mol. The maximum atomic E-state index is 16.1. The van der Waals surface area contributed by atoms with E-state index < -0.39 is 40.4 Å². The molecule has 0 unspecified atom stereocenters. The molecule has 1 saturated carbocycles. The second-order valence-corrected chi connectivity index (χ2v) is 13.2. The monoisotopic (exact) mass is 695 g/mol. The fraction of sp³-hybridized carbons (Fsp3) is 0.143. The number of fused-ring (bicyclic) bond motifs is 5. The largest absolute Gasteiger partial charge is 0.497 e. The van der Waals surface area contributed by atoms with Crippen LogP contribution in [0.1, 0.15) is 32.6 Å². The van der Waals surface area contributed by atoms with Gasteiger partial charge >= 0.3 is 5.97 Å². The quantitative estimate of drug-likeness (QED) is 0.170. The maximum Gasteiger partial charge on any atom is 0.337 e. The molecule has 51 heavy (non-hydrogen) atoms. The highest BCUT2D eigenvalue weighted by Crippen LogP contribution is 2.74. The van der Waals surface area contributed by atoms with Crippen LogP contribution in [0.15, 0.2) is 127 Å². The molecular formula is C42H30ClNO7. The molecule has 252 valence electrons. The minimum absolute atomic E-state index is 0.0347. The highest BCUT2D eigenvalue weighted by molar-refractivity contribution is 6.39. The molecule has 0 radical (unpaired) electrons. The molecule has 0 aromatic heterocycles. The number of benzene rings is 5. The van der Waals surface area contributed by atoms with Crippen LogP contribution < -0.4 is 14.4 Å². The molecule has 1 aliphatic heterocycles. The molecule has 2 bridgehead atoms. The van der Waals surface area contributed by atoms with Gasteiger partial charge in [0.05, 0.1) is 53.2 Å². The summed E-state index contributed by atoms with van der Waals surface area (Å²) in [6, 6.07) is 37.1. The minimum atomic E-state index is -1.63. The summed E-state index contributed by atoms with van der Waals surface area (Å²) in [5, 5.41) is 9.85. The Morgan fingerprint density at radius 1 is 0.647 bits per heavy atom. The fourth-order valence-electron chi connectivity index (χ4n) is 8.71. The topological polar surface area (TPSA) is 110 Å². The molecule has 2 fully saturated rings. The molecular weight excluding hydrogens is 666 g/mol. The summed E-state index contributed by atoms with van der Waals surface area (Å²) in [7, 11) is 3.14. The molecule has 1 N–H and O–H groups in total. The fourth-order valence-corrected chi connectivity index (χ4v) is 8.91. The summed E-state index contributed by atoms with van der Waals surface area (Å²) in [4.78, 5) is 59.6. The summed E-state index contributed by atoms with van der Waals surface area (Å²) in [6.07, 6.45) is 0. The van der Waals surface area contributed by atoms with Crippen molar-refractivity contribution < 1.29 is 33.8 Å². The molecule has 8 nitrogen and oxygen atoms in total. The van der Waals surface area contributed by atoms with Crippen LogP contribution in [0.5, 0.6) is 11.5 Å². The number of nitrogens with zero attached hydrogens (tertiary/aromatic N) is 1. The molecule has 2 amide bonds. The van der Waals surface area contributed by atoms with E-state index in [0.717, 1.165) is 4.90 Å². The van der Waals surface area contributed by atoms with E-state index in [-0.39, 0.29) is 22.1 Å². The third-order valence-corrected chi connectivity index (χ3v) is 11.0. The van der Waals surface area contributed by atoms with Crippen molar-refractivity contribution >= 4 is 52.0 Å². The van der Waals surface area contributed by atoms with Gasteiger partial charge in [-0.2, -0.15) is 0 Å². The summed E-state index contributed by atoms with van der Waals surface area (Å²) < 4.78 is 11.0. The van der Waals surface area contributed by atoms with Gasteiger partial charge in [0.25, 0.3) is 0 Å². The number of allylic oxidation sites excluding steroid dienone is 2. The van der Waals surface area contributed by atoms with Gasteiger partial charge in [0.1, 0.15) is 11.5 Å². The van der Waals surface area contributed by atoms with Gasteiger partial charge in [-0.05, 0) is 75.9 Å². The van der Waals surface area contributed by atoms with Crippen molar-refractivity contribution in [1.82, 2.24) is 0 Å². The number of hydrogen-bond donors (Lipinski definition) is 1. The Morgan fingerprint density at radius 2 is 1.08 bits per heavy atom. The van der Waals surface area contributed by atoms with E-state index in [4.69, 9.17) is 21.1 Å². The lowest BCUT2D eigenvalue weighted by Gasteiger charge is -2.39. The van der Waals surface area contributed by atoms with E-state index in [9.17, 15) is 9.90 Å². The van der Waals surface area contributed by atoms with Gasteiger partial charge in [-0.15, -0.1) is 0 Å². The van der Waals surface area contributed by atoms with Gasteiger partial charge in [-0.1, -0.05) is 96.5 Å². The highest BCUT2D eigenvalue weighted by atomic mass is 35.5. The lowest BCUT2D eigenvalue weighted by molar-refractivity contribution is -0.130. The molecule has 5 aromatic carbocycles. The van der Waals surface area contributed by atoms with Gasteiger partial charge in [0, 0.05) is 0 Å². The molecule has 1 saturated heterocycles. The van der Waals surface area contributed by atoms with Gasteiger partial charge in [-0.25, -0.2) is 9.69 Å². The third-order valence-electron chi connectivity index (χ3n) is 10.6.